The minimum atomic E-state index is -0.0468. The third kappa shape index (κ3) is 7.11. The fraction of sp³-hybridized carbons (Fsp3) is 0.562. The number of rotatable bonds is 8. The summed E-state index contributed by atoms with van der Waals surface area (Å²) < 4.78 is 5.09. The smallest absolute Gasteiger partial charge is 0.317 e. The third-order valence-electron chi connectivity index (χ3n) is 3.18. The SMILES string of the molecule is COCCN(Cc1ccc(C)cc1)C(=O)NCCN(C)C. The molecule has 0 bridgehead atoms. The van der Waals surface area contributed by atoms with Gasteiger partial charge in [0.2, 0.25) is 0 Å². The van der Waals surface area contributed by atoms with Crippen LogP contribution in [0.4, 0.5) is 4.79 Å². The van der Waals surface area contributed by atoms with Gasteiger partial charge >= 0.3 is 6.03 Å². The van der Waals surface area contributed by atoms with Crippen molar-refractivity contribution in [2.24, 2.45) is 0 Å². The number of urea groups is 1. The van der Waals surface area contributed by atoms with Crippen molar-refractivity contribution >= 4 is 6.03 Å². The van der Waals surface area contributed by atoms with Crippen LogP contribution in [-0.2, 0) is 11.3 Å². The number of hydrogen-bond donors (Lipinski definition) is 1. The van der Waals surface area contributed by atoms with Crippen LogP contribution in [0.3, 0.4) is 0 Å². The first-order valence-electron chi connectivity index (χ1n) is 7.25. The molecule has 0 unspecified atom stereocenters. The van der Waals surface area contributed by atoms with E-state index in [4.69, 9.17) is 4.74 Å². The lowest BCUT2D eigenvalue weighted by molar-refractivity contribution is 0.146. The average Bonchev–Trinajstić information content (AvgIpc) is 2.45. The van der Waals surface area contributed by atoms with Gasteiger partial charge in [-0.2, -0.15) is 0 Å². The Bertz CT molecular complexity index is 418. The zero-order chi connectivity index (χ0) is 15.7. The standard InChI is InChI=1S/C16H27N3O2/c1-14-5-7-15(8-6-14)13-19(11-12-21-4)16(20)17-9-10-18(2)3/h5-8H,9-13H2,1-4H3,(H,17,20). The fourth-order valence-corrected chi connectivity index (χ4v) is 1.87. The highest BCUT2D eigenvalue weighted by molar-refractivity contribution is 5.74. The van der Waals surface area contributed by atoms with E-state index in [1.165, 1.54) is 5.56 Å². The van der Waals surface area contributed by atoms with Gasteiger partial charge in [-0.1, -0.05) is 29.8 Å². The molecular formula is C16H27N3O2. The van der Waals surface area contributed by atoms with Crippen molar-refractivity contribution in [1.82, 2.24) is 15.1 Å². The van der Waals surface area contributed by atoms with Crippen LogP contribution < -0.4 is 5.32 Å². The first-order valence-corrected chi connectivity index (χ1v) is 7.25. The molecule has 0 radical (unpaired) electrons. The van der Waals surface area contributed by atoms with Gasteiger partial charge in [-0.05, 0) is 26.6 Å². The van der Waals surface area contributed by atoms with Crippen LogP contribution in [0, 0.1) is 6.92 Å². The Balaban J connectivity index is 2.57. The van der Waals surface area contributed by atoms with Gasteiger partial charge in [-0.15, -0.1) is 0 Å². The monoisotopic (exact) mass is 293 g/mol. The second-order valence-corrected chi connectivity index (χ2v) is 5.44. The van der Waals surface area contributed by atoms with Crippen molar-refractivity contribution < 1.29 is 9.53 Å². The minimum Gasteiger partial charge on any atom is -0.383 e. The Hall–Kier alpha value is -1.59. The molecule has 0 aliphatic carbocycles. The maximum Gasteiger partial charge on any atom is 0.317 e. The van der Waals surface area contributed by atoms with Crippen LogP contribution >= 0.6 is 0 Å². The van der Waals surface area contributed by atoms with Crippen molar-refractivity contribution in [2.45, 2.75) is 13.5 Å². The maximum atomic E-state index is 12.2. The molecule has 1 aromatic rings. The number of benzene rings is 1. The Kier molecular flexibility index (Phi) is 7.79. The molecule has 0 saturated carbocycles. The van der Waals surface area contributed by atoms with Gasteiger partial charge < -0.3 is 19.9 Å². The van der Waals surface area contributed by atoms with Crippen molar-refractivity contribution in [1.29, 1.82) is 0 Å². The third-order valence-corrected chi connectivity index (χ3v) is 3.18. The average molecular weight is 293 g/mol. The van der Waals surface area contributed by atoms with E-state index < -0.39 is 0 Å². The van der Waals surface area contributed by atoms with Gasteiger partial charge in [0, 0.05) is 33.3 Å². The number of likely N-dealkylation sites (N-methyl/N-ethyl adjacent to an activating group) is 1. The quantitative estimate of drug-likeness (QED) is 0.794. The summed E-state index contributed by atoms with van der Waals surface area (Å²) in [4.78, 5) is 16.1. The van der Waals surface area contributed by atoms with Crippen LogP contribution in [0.15, 0.2) is 24.3 Å². The van der Waals surface area contributed by atoms with Crippen LogP contribution in [0.1, 0.15) is 11.1 Å². The predicted molar refractivity (Wildman–Crippen MR) is 85.4 cm³/mol. The molecular weight excluding hydrogens is 266 g/mol. The number of nitrogens with one attached hydrogen (secondary N) is 1. The number of amides is 2. The predicted octanol–water partition coefficient (Wildman–Crippen LogP) is 1.71. The molecule has 1 N–H and O–H groups in total. The first-order chi connectivity index (χ1) is 10.0. The molecule has 118 valence electrons. The van der Waals surface area contributed by atoms with Gasteiger partial charge in [-0.3, -0.25) is 0 Å². The summed E-state index contributed by atoms with van der Waals surface area (Å²) in [5.74, 6) is 0. The molecule has 0 aromatic heterocycles. The van der Waals surface area contributed by atoms with Gasteiger partial charge in [0.25, 0.3) is 0 Å². The number of hydrogen-bond acceptors (Lipinski definition) is 3. The summed E-state index contributed by atoms with van der Waals surface area (Å²) in [6.45, 7) is 5.24. The van der Waals surface area contributed by atoms with E-state index in [-0.39, 0.29) is 6.03 Å². The topological polar surface area (TPSA) is 44.8 Å². The van der Waals surface area contributed by atoms with E-state index in [2.05, 4.69) is 36.5 Å². The summed E-state index contributed by atoms with van der Waals surface area (Å²) >= 11 is 0. The lowest BCUT2D eigenvalue weighted by Crippen LogP contribution is -2.43. The normalized spacial score (nSPS) is 10.7. The lowest BCUT2D eigenvalue weighted by Gasteiger charge is -2.23. The van der Waals surface area contributed by atoms with Crippen molar-refractivity contribution in [3.63, 3.8) is 0 Å². The lowest BCUT2D eigenvalue weighted by atomic mass is 10.1. The number of aryl methyl sites for hydroxylation is 1. The second kappa shape index (κ2) is 9.37. The molecule has 21 heavy (non-hydrogen) atoms. The molecule has 0 heterocycles. The Morgan fingerprint density at radius 2 is 1.86 bits per heavy atom. The van der Waals surface area contributed by atoms with E-state index in [9.17, 15) is 4.79 Å². The van der Waals surface area contributed by atoms with Crippen molar-refractivity contribution in [3.05, 3.63) is 35.4 Å². The van der Waals surface area contributed by atoms with Crippen molar-refractivity contribution in [2.75, 3.05) is 47.4 Å². The van der Waals surface area contributed by atoms with E-state index in [0.29, 0.717) is 26.2 Å². The van der Waals surface area contributed by atoms with Gasteiger partial charge in [0.05, 0.1) is 6.61 Å². The van der Waals surface area contributed by atoms with E-state index in [0.717, 1.165) is 12.1 Å². The number of carbonyl (C=O) groups is 1. The van der Waals surface area contributed by atoms with Gasteiger partial charge in [0.1, 0.15) is 0 Å². The molecule has 5 nitrogen and oxygen atoms in total. The molecule has 1 aromatic carbocycles. The summed E-state index contributed by atoms with van der Waals surface area (Å²) in [5.41, 5.74) is 2.34. The van der Waals surface area contributed by atoms with Gasteiger partial charge in [-0.25, -0.2) is 4.79 Å². The first kappa shape index (κ1) is 17.5. The number of carbonyl (C=O) groups excluding carboxylic acids is 1. The van der Waals surface area contributed by atoms with Crippen LogP contribution in [0.5, 0.6) is 0 Å². The molecule has 0 saturated heterocycles. The second-order valence-electron chi connectivity index (χ2n) is 5.44. The molecule has 0 aliphatic rings. The number of nitrogens with zero attached hydrogens (tertiary/aromatic N) is 2. The molecule has 0 fully saturated rings. The van der Waals surface area contributed by atoms with Crippen LogP contribution in [0.25, 0.3) is 0 Å². The molecule has 0 atom stereocenters. The molecule has 5 heteroatoms. The molecule has 1 rings (SSSR count). The van der Waals surface area contributed by atoms with E-state index in [1.807, 2.05) is 19.0 Å². The number of ether oxygens (including phenoxy) is 1. The summed E-state index contributed by atoms with van der Waals surface area (Å²) in [7, 11) is 5.62. The highest BCUT2D eigenvalue weighted by Crippen LogP contribution is 2.07. The summed E-state index contributed by atoms with van der Waals surface area (Å²) in [6.07, 6.45) is 0. The molecule has 0 aliphatic heterocycles. The fourth-order valence-electron chi connectivity index (χ4n) is 1.87. The van der Waals surface area contributed by atoms with E-state index in [1.54, 1.807) is 12.0 Å². The number of methoxy groups -OCH3 is 1. The Labute approximate surface area is 127 Å². The van der Waals surface area contributed by atoms with E-state index >= 15 is 0 Å². The minimum absolute atomic E-state index is 0.0468. The van der Waals surface area contributed by atoms with Crippen LogP contribution in [0.2, 0.25) is 0 Å². The molecule has 2 amide bonds. The maximum absolute atomic E-state index is 12.2. The molecule has 0 spiro atoms. The van der Waals surface area contributed by atoms with Crippen molar-refractivity contribution in [3.8, 4) is 0 Å². The Morgan fingerprint density at radius 1 is 1.19 bits per heavy atom. The summed E-state index contributed by atoms with van der Waals surface area (Å²) in [5, 5.41) is 2.94. The largest absolute Gasteiger partial charge is 0.383 e. The zero-order valence-electron chi connectivity index (χ0n) is 13.6. The van der Waals surface area contributed by atoms with Gasteiger partial charge in [0.15, 0.2) is 0 Å². The summed E-state index contributed by atoms with van der Waals surface area (Å²) in [6, 6.07) is 8.20. The Morgan fingerprint density at radius 3 is 2.43 bits per heavy atom. The van der Waals surface area contributed by atoms with Crippen LogP contribution in [-0.4, -0.2) is 63.3 Å². The highest BCUT2D eigenvalue weighted by Gasteiger charge is 2.13. The highest BCUT2D eigenvalue weighted by atomic mass is 16.5. The zero-order valence-corrected chi connectivity index (χ0v) is 13.6.